The number of aryl methyl sites for hydroxylation is 1. The molecule has 1 N–H and O–H groups in total. The summed E-state index contributed by atoms with van der Waals surface area (Å²) >= 11 is 0. The highest BCUT2D eigenvalue weighted by molar-refractivity contribution is 5.94. The average Bonchev–Trinajstić information content (AvgIpc) is 2.59. The summed E-state index contributed by atoms with van der Waals surface area (Å²) in [6.07, 6.45) is 1.58. The molecule has 0 bridgehead atoms. The monoisotopic (exact) mass is 329 g/mol. The second-order valence-corrected chi connectivity index (χ2v) is 5.74. The minimum Gasteiger partial charge on any atom is -0.497 e. The molecule has 2 aromatic rings. The molecule has 6 nitrogen and oxygen atoms in total. The maximum atomic E-state index is 12.4. The molecule has 0 aliphatic rings. The predicted molar refractivity (Wildman–Crippen MR) is 91.6 cm³/mol. The second kappa shape index (κ2) is 7.77. The van der Waals surface area contributed by atoms with Crippen LogP contribution in [0.1, 0.15) is 47.2 Å². The first-order chi connectivity index (χ1) is 11.5. The van der Waals surface area contributed by atoms with Gasteiger partial charge in [-0.3, -0.25) is 4.79 Å². The lowest BCUT2D eigenvalue weighted by molar-refractivity contribution is 0.0949. The molecule has 2 rings (SSSR count). The third-order valence-corrected chi connectivity index (χ3v) is 3.69. The number of aromatic nitrogens is 2. The summed E-state index contributed by atoms with van der Waals surface area (Å²) in [5.41, 5.74) is 1.98. The molecule has 24 heavy (non-hydrogen) atoms. The Labute approximate surface area is 142 Å². The van der Waals surface area contributed by atoms with Crippen molar-refractivity contribution < 1.29 is 14.3 Å². The molecule has 1 aromatic carbocycles. The van der Waals surface area contributed by atoms with Crippen LogP contribution >= 0.6 is 0 Å². The van der Waals surface area contributed by atoms with E-state index in [-0.39, 0.29) is 11.8 Å². The Balaban J connectivity index is 2.13. The average molecular weight is 329 g/mol. The van der Waals surface area contributed by atoms with E-state index in [1.54, 1.807) is 20.4 Å². The molecule has 1 aromatic heterocycles. The number of carbonyl (C=O) groups excluding carboxylic acids is 1. The van der Waals surface area contributed by atoms with Gasteiger partial charge in [-0.15, -0.1) is 0 Å². The summed E-state index contributed by atoms with van der Waals surface area (Å²) < 4.78 is 10.5. The number of nitrogens with one attached hydrogen (secondary N) is 1. The van der Waals surface area contributed by atoms with Gasteiger partial charge in [0.15, 0.2) is 0 Å². The molecule has 0 saturated carbocycles. The lowest BCUT2D eigenvalue weighted by atomic mass is 10.1. The van der Waals surface area contributed by atoms with Crippen LogP contribution < -0.4 is 14.8 Å². The highest BCUT2D eigenvalue weighted by Gasteiger charge is 2.14. The van der Waals surface area contributed by atoms with E-state index in [1.807, 2.05) is 39.0 Å². The van der Waals surface area contributed by atoms with Crippen molar-refractivity contribution in [1.29, 1.82) is 0 Å². The van der Waals surface area contributed by atoms with Crippen molar-refractivity contribution in [2.45, 2.75) is 33.2 Å². The van der Waals surface area contributed by atoms with Gasteiger partial charge in [0.2, 0.25) is 0 Å². The molecule has 0 atom stereocenters. The standard InChI is InChI=1S/C18H23N3O3/c1-11(2)17-19-10-15(12(3)21-17)18(22)20-9-13-8-14(23-4)6-7-16(13)24-5/h6-8,10-11H,9H2,1-5H3,(H,20,22). The number of benzene rings is 1. The Kier molecular flexibility index (Phi) is 5.73. The zero-order chi connectivity index (χ0) is 17.7. The van der Waals surface area contributed by atoms with Gasteiger partial charge in [-0.25, -0.2) is 9.97 Å². The SMILES string of the molecule is COc1ccc(OC)c(CNC(=O)c2cnc(C(C)C)nc2C)c1. The number of hydrogen-bond acceptors (Lipinski definition) is 5. The molecular weight excluding hydrogens is 306 g/mol. The van der Waals surface area contributed by atoms with Gasteiger partial charge in [0.25, 0.3) is 5.91 Å². The minimum atomic E-state index is -0.215. The molecule has 0 aliphatic carbocycles. The zero-order valence-electron chi connectivity index (χ0n) is 14.7. The number of amides is 1. The van der Waals surface area contributed by atoms with Crippen molar-refractivity contribution in [2.24, 2.45) is 0 Å². The fourth-order valence-corrected chi connectivity index (χ4v) is 2.28. The van der Waals surface area contributed by atoms with E-state index in [9.17, 15) is 4.79 Å². The number of hydrogen-bond donors (Lipinski definition) is 1. The highest BCUT2D eigenvalue weighted by Crippen LogP contribution is 2.23. The van der Waals surface area contributed by atoms with Crippen LogP contribution in [0.5, 0.6) is 11.5 Å². The first-order valence-electron chi connectivity index (χ1n) is 7.79. The number of carbonyl (C=O) groups is 1. The first-order valence-corrected chi connectivity index (χ1v) is 7.79. The van der Waals surface area contributed by atoms with Gasteiger partial charge in [0, 0.05) is 24.2 Å². The molecule has 0 fully saturated rings. The first kappa shape index (κ1) is 17.7. The van der Waals surface area contributed by atoms with Crippen LogP contribution in [0.2, 0.25) is 0 Å². The minimum absolute atomic E-state index is 0.215. The van der Waals surface area contributed by atoms with Gasteiger partial charge in [-0.1, -0.05) is 13.8 Å². The Morgan fingerprint density at radius 1 is 1.25 bits per heavy atom. The number of ether oxygens (including phenoxy) is 2. The van der Waals surface area contributed by atoms with E-state index in [4.69, 9.17) is 9.47 Å². The maximum absolute atomic E-state index is 12.4. The number of rotatable bonds is 6. The van der Waals surface area contributed by atoms with Gasteiger partial charge in [0.1, 0.15) is 17.3 Å². The predicted octanol–water partition coefficient (Wildman–Crippen LogP) is 2.86. The molecule has 1 heterocycles. The van der Waals surface area contributed by atoms with Crippen LogP contribution in [-0.4, -0.2) is 30.1 Å². The smallest absolute Gasteiger partial charge is 0.254 e. The van der Waals surface area contributed by atoms with Crippen LogP contribution in [-0.2, 0) is 6.54 Å². The van der Waals surface area contributed by atoms with Crippen LogP contribution in [0.25, 0.3) is 0 Å². The van der Waals surface area contributed by atoms with Crippen LogP contribution in [0.15, 0.2) is 24.4 Å². The van der Waals surface area contributed by atoms with E-state index in [1.165, 1.54) is 0 Å². The van der Waals surface area contributed by atoms with E-state index in [2.05, 4.69) is 15.3 Å². The fourth-order valence-electron chi connectivity index (χ4n) is 2.28. The van der Waals surface area contributed by atoms with Crippen LogP contribution in [0.4, 0.5) is 0 Å². The van der Waals surface area contributed by atoms with Gasteiger partial charge in [-0.2, -0.15) is 0 Å². The zero-order valence-corrected chi connectivity index (χ0v) is 14.7. The molecule has 6 heteroatoms. The summed E-state index contributed by atoms with van der Waals surface area (Å²) in [7, 11) is 3.19. The van der Waals surface area contributed by atoms with Gasteiger partial charge >= 0.3 is 0 Å². The Hall–Kier alpha value is -2.63. The van der Waals surface area contributed by atoms with Crippen molar-refractivity contribution in [3.8, 4) is 11.5 Å². The summed E-state index contributed by atoms with van der Waals surface area (Å²) in [4.78, 5) is 21.1. The van der Waals surface area contributed by atoms with Crippen LogP contribution in [0, 0.1) is 6.92 Å². The van der Waals surface area contributed by atoms with E-state index >= 15 is 0 Å². The van der Waals surface area contributed by atoms with Crippen molar-refractivity contribution in [2.75, 3.05) is 14.2 Å². The molecule has 1 amide bonds. The molecule has 0 saturated heterocycles. The Bertz CT molecular complexity index is 729. The van der Waals surface area contributed by atoms with E-state index in [0.717, 1.165) is 11.4 Å². The van der Waals surface area contributed by atoms with Gasteiger partial charge < -0.3 is 14.8 Å². The van der Waals surface area contributed by atoms with Crippen molar-refractivity contribution in [1.82, 2.24) is 15.3 Å². The maximum Gasteiger partial charge on any atom is 0.254 e. The molecule has 0 aliphatic heterocycles. The second-order valence-electron chi connectivity index (χ2n) is 5.74. The molecule has 0 spiro atoms. The van der Waals surface area contributed by atoms with Gasteiger partial charge in [-0.05, 0) is 25.1 Å². The number of methoxy groups -OCH3 is 2. The summed E-state index contributed by atoms with van der Waals surface area (Å²) in [5, 5.41) is 2.88. The fraction of sp³-hybridized carbons (Fsp3) is 0.389. The summed E-state index contributed by atoms with van der Waals surface area (Å²) in [6, 6.07) is 5.46. The Morgan fingerprint density at radius 2 is 2.00 bits per heavy atom. The summed E-state index contributed by atoms with van der Waals surface area (Å²) in [6.45, 7) is 6.17. The lowest BCUT2D eigenvalue weighted by Gasteiger charge is -2.12. The van der Waals surface area contributed by atoms with Crippen LogP contribution in [0.3, 0.4) is 0 Å². The number of nitrogens with zero attached hydrogens (tertiary/aromatic N) is 2. The van der Waals surface area contributed by atoms with Gasteiger partial charge in [0.05, 0.1) is 25.5 Å². The quantitative estimate of drug-likeness (QED) is 0.882. The van der Waals surface area contributed by atoms with E-state index < -0.39 is 0 Å². The van der Waals surface area contributed by atoms with E-state index in [0.29, 0.717) is 29.3 Å². The molecule has 128 valence electrons. The third kappa shape index (κ3) is 4.01. The normalized spacial score (nSPS) is 10.6. The van der Waals surface area contributed by atoms with Crippen molar-refractivity contribution in [3.63, 3.8) is 0 Å². The third-order valence-electron chi connectivity index (χ3n) is 3.69. The lowest BCUT2D eigenvalue weighted by Crippen LogP contribution is -2.24. The molecule has 0 radical (unpaired) electrons. The largest absolute Gasteiger partial charge is 0.497 e. The van der Waals surface area contributed by atoms with Crippen molar-refractivity contribution >= 4 is 5.91 Å². The summed E-state index contributed by atoms with van der Waals surface area (Å²) in [5.74, 6) is 2.15. The topological polar surface area (TPSA) is 73.3 Å². The molecular formula is C18H23N3O3. The Morgan fingerprint density at radius 3 is 2.58 bits per heavy atom. The van der Waals surface area contributed by atoms with Crippen molar-refractivity contribution in [3.05, 3.63) is 47.0 Å². The highest BCUT2D eigenvalue weighted by atomic mass is 16.5. The molecule has 0 unspecified atom stereocenters.